The van der Waals surface area contributed by atoms with Crippen molar-refractivity contribution in [3.8, 4) is 5.75 Å². The number of nitrogens with one attached hydrogen (secondary N) is 1. The lowest BCUT2D eigenvalue weighted by Gasteiger charge is -2.07. The van der Waals surface area contributed by atoms with Crippen LogP contribution >= 0.6 is 0 Å². The maximum atomic E-state index is 10.9. The molecule has 0 radical (unpaired) electrons. The molecule has 2 aromatic carbocycles. The molecule has 0 bridgehead atoms. The third-order valence-electron chi connectivity index (χ3n) is 2.95. The van der Waals surface area contributed by atoms with Crippen molar-refractivity contribution in [2.75, 3.05) is 12.4 Å². The van der Waals surface area contributed by atoms with Crippen molar-refractivity contribution in [1.29, 1.82) is 0 Å². The minimum atomic E-state index is -0.434. The molecule has 114 valence electrons. The zero-order chi connectivity index (χ0) is 15.9. The van der Waals surface area contributed by atoms with Gasteiger partial charge in [-0.1, -0.05) is 24.3 Å². The van der Waals surface area contributed by atoms with E-state index in [-0.39, 0.29) is 18.2 Å². The number of rotatable bonds is 5. The summed E-state index contributed by atoms with van der Waals surface area (Å²) in [5.74, 6) is 0.864. The van der Waals surface area contributed by atoms with E-state index in [4.69, 9.17) is 10.5 Å². The molecule has 0 saturated carbocycles. The van der Waals surface area contributed by atoms with Crippen LogP contribution in [0, 0.1) is 10.1 Å². The van der Waals surface area contributed by atoms with Crippen LogP contribution in [-0.4, -0.2) is 18.0 Å². The molecule has 0 atom stereocenters. The highest BCUT2D eigenvalue weighted by Gasteiger charge is 2.11. The van der Waals surface area contributed by atoms with Gasteiger partial charge in [-0.25, -0.2) is 4.99 Å². The molecule has 2 rings (SSSR count). The number of aliphatic imine (C=N–C) groups is 1. The van der Waals surface area contributed by atoms with Gasteiger partial charge in [0.1, 0.15) is 5.75 Å². The van der Waals surface area contributed by atoms with Crippen LogP contribution in [0.15, 0.2) is 53.5 Å². The first-order valence-corrected chi connectivity index (χ1v) is 6.53. The number of hydrogen-bond donors (Lipinski definition) is 2. The Hall–Kier alpha value is -3.09. The van der Waals surface area contributed by atoms with Crippen LogP contribution in [0.1, 0.15) is 5.56 Å². The number of nitrogens with two attached hydrogens (primary N) is 1. The van der Waals surface area contributed by atoms with Crippen LogP contribution in [-0.2, 0) is 6.54 Å². The van der Waals surface area contributed by atoms with Gasteiger partial charge in [0.2, 0.25) is 0 Å². The molecule has 0 heterocycles. The quantitative estimate of drug-likeness (QED) is 0.382. The highest BCUT2D eigenvalue weighted by molar-refractivity contribution is 5.92. The maximum absolute atomic E-state index is 10.9. The normalized spacial score (nSPS) is 11.0. The van der Waals surface area contributed by atoms with Crippen molar-refractivity contribution in [3.63, 3.8) is 0 Å². The van der Waals surface area contributed by atoms with Gasteiger partial charge in [-0.2, -0.15) is 0 Å². The van der Waals surface area contributed by atoms with Crippen LogP contribution in [0.2, 0.25) is 0 Å². The molecule has 22 heavy (non-hydrogen) atoms. The van der Waals surface area contributed by atoms with E-state index in [1.807, 2.05) is 18.2 Å². The van der Waals surface area contributed by atoms with Gasteiger partial charge in [0.05, 0.1) is 24.1 Å². The first-order chi connectivity index (χ1) is 10.6. The monoisotopic (exact) mass is 300 g/mol. The summed E-state index contributed by atoms with van der Waals surface area (Å²) >= 11 is 0. The van der Waals surface area contributed by atoms with Crippen LogP contribution in [0.25, 0.3) is 0 Å². The third kappa shape index (κ3) is 3.95. The number of methoxy groups -OCH3 is 1. The van der Waals surface area contributed by atoms with E-state index in [0.29, 0.717) is 11.3 Å². The molecule has 0 aliphatic heterocycles. The molecule has 3 N–H and O–H groups in total. The van der Waals surface area contributed by atoms with Crippen LogP contribution < -0.4 is 15.8 Å². The van der Waals surface area contributed by atoms with Crippen molar-refractivity contribution in [3.05, 3.63) is 64.2 Å². The minimum absolute atomic E-state index is 0.0282. The summed E-state index contributed by atoms with van der Waals surface area (Å²) in [7, 11) is 1.57. The second-order valence-electron chi connectivity index (χ2n) is 4.44. The number of para-hydroxylation sites is 1. The Morgan fingerprint density at radius 1 is 1.32 bits per heavy atom. The lowest BCUT2D eigenvalue weighted by Crippen LogP contribution is -2.22. The fraction of sp³-hybridized carbons (Fsp3) is 0.133. The molecule has 7 heteroatoms. The predicted octanol–water partition coefficient (Wildman–Crippen LogP) is 2.53. The summed E-state index contributed by atoms with van der Waals surface area (Å²) in [4.78, 5) is 14.6. The summed E-state index contributed by atoms with van der Waals surface area (Å²) in [6.45, 7) is 0.125. The molecule has 0 aromatic heterocycles. The number of nitro groups is 1. The lowest BCUT2D eigenvalue weighted by atomic mass is 10.2. The number of ether oxygens (including phenoxy) is 1. The Balaban J connectivity index is 2.08. The zero-order valence-electron chi connectivity index (χ0n) is 12.0. The highest BCUT2D eigenvalue weighted by atomic mass is 16.6. The number of nitro benzene ring substituents is 1. The van der Waals surface area contributed by atoms with E-state index < -0.39 is 4.92 Å². The van der Waals surface area contributed by atoms with Crippen LogP contribution in [0.4, 0.5) is 11.4 Å². The first-order valence-electron chi connectivity index (χ1n) is 6.53. The van der Waals surface area contributed by atoms with Gasteiger partial charge >= 0.3 is 0 Å². The third-order valence-corrected chi connectivity index (χ3v) is 2.95. The molecule has 0 aliphatic carbocycles. The van der Waals surface area contributed by atoms with Crippen LogP contribution in [0.5, 0.6) is 5.75 Å². The van der Waals surface area contributed by atoms with Crippen molar-refractivity contribution < 1.29 is 9.66 Å². The van der Waals surface area contributed by atoms with E-state index in [1.54, 1.807) is 31.4 Å². The summed E-state index contributed by atoms with van der Waals surface area (Å²) in [6.07, 6.45) is 0. The average molecular weight is 300 g/mol. The number of nitrogens with zero attached hydrogens (tertiary/aromatic N) is 2. The summed E-state index contributed by atoms with van der Waals surface area (Å²) < 4.78 is 5.11. The highest BCUT2D eigenvalue weighted by Crippen LogP contribution is 2.19. The van der Waals surface area contributed by atoms with E-state index in [0.717, 1.165) is 5.69 Å². The smallest absolute Gasteiger partial charge is 0.274 e. The topological polar surface area (TPSA) is 103 Å². The molecule has 0 saturated heterocycles. The first kappa shape index (κ1) is 15.3. The van der Waals surface area contributed by atoms with Crippen LogP contribution in [0.3, 0.4) is 0 Å². The van der Waals surface area contributed by atoms with Gasteiger partial charge < -0.3 is 15.8 Å². The van der Waals surface area contributed by atoms with Crippen molar-refractivity contribution >= 4 is 17.3 Å². The van der Waals surface area contributed by atoms with Crippen molar-refractivity contribution in [1.82, 2.24) is 0 Å². The Bertz CT molecular complexity index is 701. The molecule has 0 spiro atoms. The molecule has 0 fully saturated rings. The SMILES string of the molecule is COc1cccc(NC(N)=NCc2ccccc2[N+](=O)[O-])c1. The number of guanidine groups is 1. The van der Waals surface area contributed by atoms with Crippen molar-refractivity contribution in [2.24, 2.45) is 10.7 Å². The van der Waals surface area contributed by atoms with Gasteiger partial charge in [0, 0.05) is 17.8 Å². The minimum Gasteiger partial charge on any atom is -0.497 e. The summed E-state index contributed by atoms with van der Waals surface area (Å²) in [5.41, 5.74) is 7.06. The molecular weight excluding hydrogens is 284 g/mol. The Morgan fingerprint density at radius 2 is 2.09 bits per heavy atom. The van der Waals surface area contributed by atoms with Gasteiger partial charge in [0.25, 0.3) is 5.69 Å². The molecule has 0 aliphatic rings. The molecule has 0 amide bonds. The fourth-order valence-corrected chi connectivity index (χ4v) is 1.88. The van der Waals surface area contributed by atoms with Crippen molar-refractivity contribution in [2.45, 2.75) is 6.54 Å². The standard InChI is InChI=1S/C15H16N4O3/c1-22-13-7-4-6-12(9-13)18-15(16)17-10-11-5-2-3-8-14(11)19(20)21/h2-9H,10H2,1H3,(H3,16,17,18). The van der Waals surface area contributed by atoms with Gasteiger partial charge in [-0.3, -0.25) is 10.1 Å². The van der Waals surface area contributed by atoms with Gasteiger partial charge in [-0.05, 0) is 12.1 Å². The predicted molar refractivity (Wildman–Crippen MR) is 85.0 cm³/mol. The molecular formula is C15H16N4O3. The van der Waals surface area contributed by atoms with E-state index in [1.165, 1.54) is 6.07 Å². The largest absolute Gasteiger partial charge is 0.497 e. The zero-order valence-corrected chi connectivity index (χ0v) is 12.0. The molecule has 2 aromatic rings. The number of anilines is 1. The second kappa shape index (κ2) is 7.07. The van der Waals surface area contributed by atoms with E-state index in [2.05, 4.69) is 10.3 Å². The van der Waals surface area contributed by atoms with Gasteiger partial charge in [0.15, 0.2) is 5.96 Å². The number of benzene rings is 2. The van der Waals surface area contributed by atoms with Gasteiger partial charge in [-0.15, -0.1) is 0 Å². The summed E-state index contributed by atoms with van der Waals surface area (Å²) in [5, 5.41) is 13.8. The second-order valence-corrected chi connectivity index (χ2v) is 4.44. The average Bonchev–Trinajstić information content (AvgIpc) is 2.53. The Kier molecular flexibility index (Phi) is 4.92. The molecule has 0 unspecified atom stereocenters. The fourth-order valence-electron chi connectivity index (χ4n) is 1.88. The summed E-state index contributed by atoms with van der Waals surface area (Å²) in [6, 6.07) is 13.6. The maximum Gasteiger partial charge on any atom is 0.274 e. The Labute approximate surface area is 127 Å². The Morgan fingerprint density at radius 3 is 2.82 bits per heavy atom. The van der Waals surface area contributed by atoms with E-state index in [9.17, 15) is 10.1 Å². The number of hydrogen-bond acceptors (Lipinski definition) is 4. The lowest BCUT2D eigenvalue weighted by molar-refractivity contribution is -0.385. The molecule has 7 nitrogen and oxygen atoms in total. The van der Waals surface area contributed by atoms with E-state index >= 15 is 0 Å².